The SMILES string of the molecule is CCNC(c1cc(C)c(C)cc1C)C(C)(C)N1CCCC1. The zero-order valence-electron chi connectivity index (χ0n) is 14.7. The Kier molecular flexibility index (Phi) is 5.11. The van der Waals surface area contributed by atoms with E-state index in [1.165, 1.54) is 48.2 Å². The number of benzene rings is 1. The molecule has 0 radical (unpaired) electrons. The van der Waals surface area contributed by atoms with Crippen molar-refractivity contribution in [2.75, 3.05) is 19.6 Å². The second-order valence-corrected chi connectivity index (χ2v) is 7.13. The minimum absolute atomic E-state index is 0.152. The number of likely N-dealkylation sites (tertiary alicyclic amines) is 1. The van der Waals surface area contributed by atoms with Crippen LogP contribution in [-0.4, -0.2) is 30.1 Å². The van der Waals surface area contributed by atoms with Crippen molar-refractivity contribution in [2.45, 2.75) is 66.0 Å². The minimum Gasteiger partial charge on any atom is -0.309 e. The molecule has 0 aromatic heterocycles. The summed E-state index contributed by atoms with van der Waals surface area (Å²) in [6.45, 7) is 17.2. The molecular formula is C19H32N2. The molecular weight excluding hydrogens is 256 g/mol. The van der Waals surface area contributed by atoms with E-state index in [-0.39, 0.29) is 5.54 Å². The number of likely N-dealkylation sites (N-methyl/N-ethyl adjacent to an activating group) is 1. The topological polar surface area (TPSA) is 15.3 Å². The summed E-state index contributed by atoms with van der Waals surface area (Å²) in [7, 11) is 0. The van der Waals surface area contributed by atoms with Crippen LogP contribution in [0.2, 0.25) is 0 Å². The van der Waals surface area contributed by atoms with E-state index < -0.39 is 0 Å². The molecule has 1 saturated heterocycles. The molecule has 0 amide bonds. The van der Waals surface area contributed by atoms with Gasteiger partial charge in [-0.25, -0.2) is 0 Å². The van der Waals surface area contributed by atoms with Gasteiger partial charge in [0.05, 0.1) is 6.04 Å². The predicted molar refractivity (Wildman–Crippen MR) is 92.0 cm³/mol. The zero-order valence-corrected chi connectivity index (χ0v) is 14.7. The molecule has 1 aromatic carbocycles. The molecule has 1 unspecified atom stereocenters. The Bertz CT molecular complexity index is 485. The summed E-state index contributed by atoms with van der Waals surface area (Å²) in [6, 6.07) is 5.13. The van der Waals surface area contributed by atoms with Crippen molar-refractivity contribution in [3.05, 3.63) is 34.4 Å². The summed E-state index contributed by atoms with van der Waals surface area (Å²) >= 11 is 0. The van der Waals surface area contributed by atoms with Crippen LogP contribution in [0.1, 0.15) is 61.9 Å². The number of hydrogen-bond donors (Lipinski definition) is 1. The van der Waals surface area contributed by atoms with Crippen LogP contribution in [0.15, 0.2) is 12.1 Å². The highest BCUT2D eigenvalue weighted by molar-refractivity contribution is 5.39. The second kappa shape index (κ2) is 6.50. The van der Waals surface area contributed by atoms with Gasteiger partial charge in [0.15, 0.2) is 0 Å². The van der Waals surface area contributed by atoms with E-state index in [2.05, 4.69) is 63.9 Å². The first kappa shape index (κ1) is 16.5. The molecule has 21 heavy (non-hydrogen) atoms. The van der Waals surface area contributed by atoms with Crippen LogP contribution in [0.4, 0.5) is 0 Å². The average molecular weight is 288 g/mol. The maximum absolute atomic E-state index is 3.76. The normalized spacial score (nSPS) is 18.2. The van der Waals surface area contributed by atoms with Crippen LogP contribution >= 0.6 is 0 Å². The molecule has 118 valence electrons. The molecule has 0 spiro atoms. The van der Waals surface area contributed by atoms with Crippen LogP contribution < -0.4 is 5.32 Å². The molecule has 0 bridgehead atoms. The van der Waals surface area contributed by atoms with Crippen molar-refractivity contribution in [2.24, 2.45) is 0 Å². The number of rotatable bonds is 5. The summed E-state index contributed by atoms with van der Waals surface area (Å²) in [6.07, 6.45) is 2.68. The van der Waals surface area contributed by atoms with Crippen LogP contribution in [0.5, 0.6) is 0 Å². The van der Waals surface area contributed by atoms with Gasteiger partial charge in [-0.15, -0.1) is 0 Å². The van der Waals surface area contributed by atoms with E-state index in [0.29, 0.717) is 6.04 Å². The maximum atomic E-state index is 3.76. The van der Waals surface area contributed by atoms with Crippen molar-refractivity contribution in [3.8, 4) is 0 Å². The standard InChI is InChI=1S/C19H32N2/c1-7-20-18(19(5,6)21-10-8-9-11-21)17-13-15(3)14(2)12-16(17)4/h12-13,18,20H,7-11H2,1-6H3. The lowest BCUT2D eigenvalue weighted by Crippen LogP contribution is -2.51. The average Bonchev–Trinajstić information content (AvgIpc) is 2.95. The highest BCUT2D eigenvalue weighted by atomic mass is 15.2. The molecule has 1 atom stereocenters. The fourth-order valence-corrected chi connectivity index (χ4v) is 3.71. The van der Waals surface area contributed by atoms with Crippen molar-refractivity contribution >= 4 is 0 Å². The second-order valence-electron chi connectivity index (χ2n) is 7.13. The third kappa shape index (κ3) is 3.32. The number of nitrogens with one attached hydrogen (secondary N) is 1. The molecule has 1 heterocycles. The lowest BCUT2D eigenvalue weighted by Gasteiger charge is -2.43. The van der Waals surface area contributed by atoms with Crippen molar-refractivity contribution in [1.82, 2.24) is 10.2 Å². The molecule has 1 N–H and O–H groups in total. The maximum Gasteiger partial charge on any atom is 0.0504 e. The van der Waals surface area contributed by atoms with Crippen molar-refractivity contribution in [3.63, 3.8) is 0 Å². The Balaban J connectivity index is 2.40. The molecule has 0 saturated carbocycles. The fraction of sp³-hybridized carbons (Fsp3) is 0.684. The van der Waals surface area contributed by atoms with E-state index >= 15 is 0 Å². The van der Waals surface area contributed by atoms with Gasteiger partial charge in [0.2, 0.25) is 0 Å². The third-order valence-corrected chi connectivity index (χ3v) is 5.23. The van der Waals surface area contributed by atoms with Gasteiger partial charge < -0.3 is 5.32 Å². The molecule has 2 heteroatoms. The minimum atomic E-state index is 0.152. The van der Waals surface area contributed by atoms with Crippen molar-refractivity contribution < 1.29 is 0 Å². The highest BCUT2D eigenvalue weighted by Gasteiger charge is 2.37. The number of nitrogens with zero attached hydrogens (tertiary/aromatic N) is 1. The molecule has 1 aliphatic rings. The van der Waals surface area contributed by atoms with Gasteiger partial charge in [-0.2, -0.15) is 0 Å². The van der Waals surface area contributed by atoms with E-state index in [9.17, 15) is 0 Å². The Hall–Kier alpha value is -0.860. The van der Waals surface area contributed by atoms with Crippen LogP contribution in [0.25, 0.3) is 0 Å². The summed E-state index contributed by atoms with van der Waals surface area (Å²) in [4.78, 5) is 2.66. The Morgan fingerprint density at radius 3 is 2.19 bits per heavy atom. The Morgan fingerprint density at radius 1 is 1.05 bits per heavy atom. The molecule has 1 fully saturated rings. The summed E-state index contributed by atoms with van der Waals surface area (Å²) in [5.74, 6) is 0. The summed E-state index contributed by atoms with van der Waals surface area (Å²) in [5, 5.41) is 3.76. The molecule has 1 aliphatic heterocycles. The van der Waals surface area contributed by atoms with Crippen LogP contribution in [-0.2, 0) is 0 Å². The van der Waals surface area contributed by atoms with Gasteiger partial charge in [-0.1, -0.05) is 19.1 Å². The summed E-state index contributed by atoms with van der Waals surface area (Å²) < 4.78 is 0. The first-order valence-corrected chi connectivity index (χ1v) is 8.44. The van der Waals surface area contributed by atoms with Crippen LogP contribution in [0.3, 0.4) is 0 Å². The largest absolute Gasteiger partial charge is 0.309 e. The smallest absolute Gasteiger partial charge is 0.0504 e. The fourth-order valence-electron chi connectivity index (χ4n) is 3.71. The lowest BCUT2D eigenvalue weighted by molar-refractivity contribution is 0.107. The van der Waals surface area contributed by atoms with Gasteiger partial charge in [-0.3, -0.25) is 4.90 Å². The Labute approximate surface area is 130 Å². The van der Waals surface area contributed by atoms with E-state index in [4.69, 9.17) is 0 Å². The first-order chi connectivity index (χ1) is 9.87. The predicted octanol–water partition coefficient (Wildman–Crippen LogP) is 4.14. The molecule has 2 rings (SSSR count). The highest BCUT2D eigenvalue weighted by Crippen LogP contribution is 2.35. The summed E-state index contributed by atoms with van der Waals surface area (Å²) in [5.41, 5.74) is 5.83. The van der Waals surface area contributed by atoms with E-state index in [1.807, 2.05) is 0 Å². The van der Waals surface area contributed by atoms with Gasteiger partial charge in [0.25, 0.3) is 0 Å². The zero-order chi connectivity index (χ0) is 15.6. The van der Waals surface area contributed by atoms with Gasteiger partial charge >= 0.3 is 0 Å². The third-order valence-electron chi connectivity index (χ3n) is 5.23. The van der Waals surface area contributed by atoms with E-state index in [1.54, 1.807) is 0 Å². The number of hydrogen-bond acceptors (Lipinski definition) is 2. The number of aryl methyl sites for hydroxylation is 3. The molecule has 2 nitrogen and oxygen atoms in total. The quantitative estimate of drug-likeness (QED) is 0.876. The Morgan fingerprint density at radius 2 is 1.62 bits per heavy atom. The van der Waals surface area contributed by atoms with E-state index in [0.717, 1.165) is 6.54 Å². The van der Waals surface area contributed by atoms with Crippen molar-refractivity contribution in [1.29, 1.82) is 0 Å². The molecule has 1 aromatic rings. The first-order valence-electron chi connectivity index (χ1n) is 8.44. The van der Waals surface area contributed by atoms with Gasteiger partial charge in [-0.05, 0) is 89.3 Å². The van der Waals surface area contributed by atoms with Crippen LogP contribution in [0, 0.1) is 20.8 Å². The van der Waals surface area contributed by atoms with Gasteiger partial charge in [0.1, 0.15) is 0 Å². The lowest BCUT2D eigenvalue weighted by atomic mass is 9.83. The monoisotopic (exact) mass is 288 g/mol. The van der Waals surface area contributed by atoms with Gasteiger partial charge in [0, 0.05) is 5.54 Å². The molecule has 0 aliphatic carbocycles.